The fraction of sp³-hybridized carbons (Fsp3) is 0.154. The molecule has 0 bridgehead atoms. The van der Waals surface area contributed by atoms with Crippen molar-refractivity contribution in [3.63, 3.8) is 0 Å². The van der Waals surface area contributed by atoms with Crippen LogP contribution in [0.25, 0.3) is 0 Å². The van der Waals surface area contributed by atoms with E-state index in [4.69, 9.17) is 5.73 Å². The molecule has 0 aliphatic carbocycles. The Bertz CT molecular complexity index is 614. The maximum Gasteiger partial charge on any atom is 0.254 e. The zero-order chi connectivity index (χ0) is 14.0. The fourth-order valence-electron chi connectivity index (χ4n) is 1.65. The van der Waals surface area contributed by atoms with Gasteiger partial charge in [0, 0.05) is 19.2 Å². The largest absolute Gasteiger partial charge is 0.396 e. The number of benzene rings is 1. The number of carbonyl (C=O) groups excluding carboxylic acids is 1. The number of nitrogen functional groups attached to an aromatic ring is 1. The summed E-state index contributed by atoms with van der Waals surface area (Å²) < 4.78 is 14.3. The first-order chi connectivity index (χ1) is 8.97. The zero-order valence-corrected chi connectivity index (χ0v) is 12.6. The molecule has 1 aromatic carbocycles. The lowest BCUT2D eigenvalue weighted by atomic mass is 10.1. The van der Waals surface area contributed by atoms with Gasteiger partial charge >= 0.3 is 0 Å². The monoisotopic (exact) mass is 342 g/mol. The summed E-state index contributed by atoms with van der Waals surface area (Å²) in [5.41, 5.74) is 6.76. The number of rotatable bonds is 3. The van der Waals surface area contributed by atoms with Crippen LogP contribution in [0.3, 0.4) is 0 Å². The van der Waals surface area contributed by atoms with Crippen molar-refractivity contribution >= 4 is 38.9 Å². The Labute approximate surface area is 123 Å². The van der Waals surface area contributed by atoms with E-state index >= 15 is 0 Å². The number of nitrogens with zero attached hydrogens (tertiary/aromatic N) is 1. The normalized spacial score (nSPS) is 10.5. The molecule has 0 unspecified atom stereocenters. The third-order valence-electron chi connectivity index (χ3n) is 2.64. The first kappa shape index (κ1) is 14.0. The number of carbonyl (C=O) groups is 1. The third kappa shape index (κ3) is 3.33. The summed E-state index contributed by atoms with van der Waals surface area (Å²) in [5, 5.41) is 1.97. The van der Waals surface area contributed by atoms with E-state index in [9.17, 15) is 9.18 Å². The summed E-state index contributed by atoms with van der Waals surface area (Å²) >= 11 is 4.93. The summed E-state index contributed by atoms with van der Waals surface area (Å²) in [6, 6.07) is 6.05. The average molecular weight is 343 g/mol. The molecule has 1 aromatic heterocycles. The van der Waals surface area contributed by atoms with Crippen molar-refractivity contribution in [3.05, 3.63) is 50.4 Å². The number of halogens is 2. The van der Waals surface area contributed by atoms with E-state index < -0.39 is 5.82 Å². The second-order valence-electron chi connectivity index (χ2n) is 4.16. The molecule has 0 spiro atoms. The maximum absolute atomic E-state index is 13.3. The Kier molecular flexibility index (Phi) is 4.21. The molecule has 1 amide bonds. The second kappa shape index (κ2) is 5.71. The molecule has 0 saturated carbocycles. The van der Waals surface area contributed by atoms with Gasteiger partial charge in [0.05, 0.1) is 9.47 Å². The van der Waals surface area contributed by atoms with Gasteiger partial charge in [0.25, 0.3) is 5.91 Å². The predicted octanol–water partition coefficient (Wildman–Crippen LogP) is 3.50. The summed E-state index contributed by atoms with van der Waals surface area (Å²) in [6.45, 7) is 0.479. The van der Waals surface area contributed by atoms with Crippen molar-refractivity contribution in [2.24, 2.45) is 0 Å². The minimum absolute atomic E-state index is 0.0426. The summed E-state index contributed by atoms with van der Waals surface area (Å²) in [7, 11) is 1.68. The maximum atomic E-state index is 13.3. The van der Waals surface area contributed by atoms with E-state index in [-0.39, 0.29) is 11.6 Å². The highest BCUT2D eigenvalue weighted by Gasteiger charge is 2.14. The Morgan fingerprint density at radius 3 is 2.79 bits per heavy atom. The van der Waals surface area contributed by atoms with Gasteiger partial charge in [-0.1, -0.05) is 0 Å². The quantitative estimate of drug-likeness (QED) is 0.867. The van der Waals surface area contributed by atoms with Crippen LogP contribution in [0.2, 0.25) is 0 Å². The zero-order valence-electron chi connectivity index (χ0n) is 10.2. The Balaban J connectivity index is 2.12. The van der Waals surface area contributed by atoms with Gasteiger partial charge in [-0.25, -0.2) is 4.39 Å². The predicted molar refractivity (Wildman–Crippen MR) is 78.6 cm³/mol. The number of nitrogens with two attached hydrogens (primary N) is 1. The van der Waals surface area contributed by atoms with Gasteiger partial charge in [-0.15, -0.1) is 11.3 Å². The molecule has 0 radical (unpaired) electrons. The number of thiophene rings is 1. The highest BCUT2D eigenvalue weighted by Crippen LogP contribution is 2.22. The molecular weight excluding hydrogens is 331 g/mol. The van der Waals surface area contributed by atoms with Gasteiger partial charge in [-0.2, -0.15) is 0 Å². The lowest BCUT2D eigenvalue weighted by Crippen LogP contribution is -2.26. The fourth-order valence-corrected chi connectivity index (χ4v) is 2.86. The molecule has 0 fully saturated rings. The van der Waals surface area contributed by atoms with E-state index in [1.54, 1.807) is 23.3 Å². The van der Waals surface area contributed by atoms with Crippen LogP contribution in [-0.2, 0) is 6.54 Å². The Hall–Kier alpha value is -1.40. The summed E-state index contributed by atoms with van der Waals surface area (Å²) in [5.74, 6) is -0.807. The highest BCUT2D eigenvalue weighted by molar-refractivity contribution is 9.11. The molecule has 0 atom stereocenters. The van der Waals surface area contributed by atoms with Crippen molar-refractivity contribution in [1.29, 1.82) is 0 Å². The number of hydrogen-bond donors (Lipinski definition) is 1. The molecule has 19 heavy (non-hydrogen) atoms. The van der Waals surface area contributed by atoms with Crippen molar-refractivity contribution < 1.29 is 9.18 Å². The first-order valence-electron chi connectivity index (χ1n) is 5.51. The lowest BCUT2D eigenvalue weighted by molar-refractivity contribution is 0.0785. The minimum atomic E-state index is -0.572. The van der Waals surface area contributed by atoms with Crippen LogP contribution in [-0.4, -0.2) is 17.9 Å². The summed E-state index contributed by atoms with van der Waals surface area (Å²) in [4.78, 5) is 13.7. The van der Waals surface area contributed by atoms with Crippen molar-refractivity contribution in [2.45, 2.75) is 6.54 Å². The SMILES string of the molecule is CN(Cc1csc(Br)c1)C(=O)c1ccc(N)c(F)c1. The van der Waals surface area contributed by atoms with E-state index in [2.05, 4.69) is 15.9 Å². The number of amides is 1. The topological polar surface area (TPSA) is 46.3 Å². The number of hydrogen-bond acceptors (Lipinski definition) is 3. The second-order valence-corrected chi connectivity index (χ2v) is 6.45. The van der Waals surface area contributed by atoms with Crippen LogP contribution in [0.5, 0.6) is 0 Å². The van der Waals surface area contributed by atoms with E-state index in [1.165, 1.54) is 12.1 Å². The molecule has 2 N–H and O–H groups in total. The van der Waals surface area contributed by atoms with Crippen LogP contribution in [0.4, 0.5) is 10.1 Å². The van der Waals surface area contributed by atoms with Crippen LogP contribution < -0.4 is 5.73 Å². The van der Waals surface area contributed by atoms with Gasteiger partial charge in [0.15, 0.2) is 0 Å². The Morgan fingerprint density at radius 1 is 1.47 bits per heavy atom. The van der Waals surface area contributed by atoms with E-state index in [0.717, 1.165) is 15.4 Å². The number of anilines is 1. The molecule has 1 heterocycles. The lowest BCUT2D eigenvalue weighted by Gasteiger charge is -2.16. The van der Waals surface area contributed by atoms with E-state index in [0.29, 0.717) is 12.1 Å². The Morgan fingerprint density at radius 2 is 2.21 bits per heavy atom. The van der Waals surface area contributed by atoms with Crippen LogP contribution >= 0.6 is 27.3 Å². The third-order valence-corrected chi connectivity index (χ3v) is 4.19. The van der Waals surface area contributed by atoms with Crippen molar-refractivity contribution in [1.82, 2.24) is 4.90 Å². The molecule has 6 heteroatoms. The molecule has 0 saturated heterocycles. The van der Waals surface area contributed by atoms with Gasteiger partial charge in [0.1, 0.15) is 5.82 Å². The summed E-state index contributed by atoms with van der Waals surface area (Å²) in [6.07, 6.45) is 0. The van der Waals surface area contributed by atoms with Crippen molar-refractivity contribution in [3.8, 4) is 0 Å². The molecule has 3 nitrogen and oxygen atoms in total. The first-order valence-corrected chi connectivity index (χ1v) is 7.18. The van der Waals surface area contributed by atoms with Crippen LogP contribution in [0, 0.1) is 5.82 Å². The van der Waals surface area contributed by atoms with Crippen LogP contribution in [0.1, 0.15) is 15.9 Å². The standard InChI is InChI=1S/C13H12BrFN2OS/c1-17(6-8-4-12(14)19-7-8)13(18)9-2-3-11(16)10(15)5-9/h2-5,7H,6,16H2,1H3. The minimum Gasteiger partial charge on any atom is -0.396 e. The average Bonchev–Trinajstić information content (AvgIpc) is 2.77. The van der Waals surface area contributed by atoms with Crippen LogP contribution in [0.15, 0.2) is 33.4 Å². The molecule has 100 valence electrons. The van der Waals surface area contributed by atoms with Gasteiger partial charge in [-0.3, -0.25) is 4.79 Å². The molecule has 2 aromatic rings. The smallest absolute Gasteiger partial charge is 0.254 e. The molecule has 2 rings (SSSR count). The van der Waals surface area contributed by atoms with Gasteiger partial charge in [0.2, 0.25) is 0 Å². The van der Waals surface area contributed by atoms with Crippen molar-refractivity contribution in [2.75, 3.05) is 12.8 Å². The molecule has 0 aliphatic heterocycles. The molecule has 0 aliphatic rings. The van der Waals surface area contributed by atoms with Gasteiger partial charge < -0.3 is 10.6 Å². The van der Waals surface area contributed by atoms with Gasteiger partial charge in [-0.05, 0) is 51.1 Å². The highest BCUT2D eigenvalue weighted by atomic mass is 79.9. The van der Waals surface area contributed by atoms with E-state index in [1.807, 2.05) is 11.4 Å². The molecular formula is C13H12BrFN2OS.